The summed E-state index contributed by atoms with van der Waals surface area (Å²) in [6, 6.07) is 22.6. The van der Waals surface area contributed by atoms with Crippen molar-refractivity contribution < 1.29 is 4.79 Å². The Balaban J connectivity index is 1.88. The van der Waals surface area contributed by atoms with Gasteiger partial charge in [-0.1, -0.05) is 34.1 Å². The van der Waals surface area contributed by atoms with Gasteiger partial charge in [0.15, 0.2) is 0 Å². The van der Waals surface area contributed by atoms with E-state index in [1.165, 1.54) is 0 Å². The zero-order chi connectivity index (χ0) is 17.6. The summed E-state index contributed by atoms with van der Waals surface area (Å²) in [5.41, 5.74) is 2.39. The molecule has 0 saturated heterocycles. The Labute approximate surface area is 154 Å². The Morgan fingerprint density at radius 3 is 2.44 bits per heavy atom. The van der Waals surface area contributed by atoms with Crippen molar-refractivity contribution in [1.29, 1.82) is 5.26 Å². The molecule has 3 rings (SSSR count). The third kappa shape index (κ3) is 4.06. The number of hydrogen-bond donors (Lipinski definition) is 1. The number of anilines is 1. The van der Waals surface area contributed by atoms with Crippen LogP contribution in [0.25, 0.3) is 11.8 Å². The standard InChI is InChI=1S/C20H14BrN3O/c21-16-8-10-18(11-9-16)24-12-4-7-19(24)13-15(14-22)20(25)23-17-5-2-1-3-6-17/h1-13H,(H,23,25). The van der Waals surface area contributed by atoms with Crippen molar-refractivity contribution >= 4 is 33.6 Å². The highest BCUT2D eigenvalue weighted by molar-refractivity contribution is 9.10. The van der Waals surface area contributed by atoms with Gasteiger partial charge in [-0.2, -0.15) is 5.26 Å². The predicted octanol–water partition coefficient (Wildman–Crippen LogP) is 4.79. The number of nitrogens with one attached hydrogen (secondary N) is 1. The predicted molar refractivity (Wildman–Crippen MR) is 102 cm³/mol. The Kier molecular flexibility index (Phi) is 5.12. The number of nitrogens with zero attached hydrogens (tertiary/aromatic N) is 2. The molecule has 0 aliphatic heterocycles. The molecule has 1 N–H and O–H groups in total. The molecule has 0 unspecified atom stereocenters. The van der Waals surface area contributed by atoms with Crippen LogP contribution in [-0.4, -0.2) is 10.5 Å². The monoisotopic (exact) mass is 391 g/mol. The summed E-state index contributed by atoms with van der Waals surface area (Å²) in [5.74, 6) is -0.433. The van der Waals surface area contributed by atoms with Crippen LogP contribution < -0.4 is 5.32 Å². The molecule has 25 heavy (non-hydrogen) atoms. The summed E-state index contributed by atoms with van der Waals surface area (Å²) in [5, 5.41) is 12.1. The molecule has 0 saturated carbocycles. The zero-order valence-corrected chi connectivity index (χ0v) is 14.8. The molecule has 1 aromatic heterocycles. The fourth-order valence-electron chi connectivity index (χ4n) is 2.36. The fraction of sp³-hybridized carbons (Fsp3) is 0. The van der Waals surface area contributed by atoms with Crippen LogP contribution >= 0.6 is 15.9 Å². The van der Waals surface area contributed by atoms with E-state index in [-0.39, 0.29) is 5.57 Å². The van der Waals surface area contributed by atoms with Gasteiger partial charge >= 0.3 is 0 Å². The lowest BCUT2D eigenvalue weighted by Gasteiger charge is -2.08. The summed E-state index contributed by atoms with van der Waals surface area (Å²) in [6.07, 6.45) is 3.47. The lowest BCUT2D eigenvalue weighted by atomic mass is 10.2. The van der Waals surface area contributed by atoms with E-state index in [1.54, 1.807) is 18.2 Å². The topological polar surface area (TPSA) is 57.8 Å². The molecule has 122 valence electrons. The summed E-state index contributed by atoms with van der Waals surface area (Å²) >= 11 is 3.41. The average Bonchev–Trinajstić information content (AvgIpc) is 3.09. The number of para-hydroxylation sites is 1. The molecule has 1 heterocycles. The maximum absolute atomic E-state index is 12.3. The van der Waals surface area contributed by atoms with E-state index < -0.39 is 5.91 Å². The Morgan fingerprint density at radius 1 is 1.04 bits per heavy atom. The first-order valence-corrected chi connectivity index (χ1v) is 8.38. The fourth-order valence-corrected chi connectivity index (χ4v) is 2.63. The molecule has 0 spiro atoms. The highest BCUT2D eigenvalue weighted by Gasteiger charge is 2.11. The van der Waals surface area contributed by atoms with E-state index in [0.29, 0.717) is 5.69 Å². The second kappa shape index (κ2) is 7.65. The second-order valence-electron chi connectivity index (χ2n) is 5.27. The number of carbonyl (C=O) groups is 1. The molecule has 0 aliphatic rings. The van der Waals surface area contributed by atoms with Gasteiger partial charge in [0.1, 0.15) is 11.6 Å². The van der Waals surface area contributed by atoms with Gasteiger partial charge < -0.3 is 9.88 Å². The summed E-state index contributed by atoms with van der Waals surface area (Å²) in [6.45, 7) is 0. The van der Waals surface area contributed by atoms with Crippen LogP contribution in [0.1, 0.15) is 5.69 Å². The van der Waals surface area contributed by atoms with E-state index in [9.17, 15) is 10.1 Å². The maximum atomic E-state index is 12.3. The molecule has 0 aliphatic carbocycles. The minimum absolute atomic E-state index is 0.0425. The number of carbonyl (C=O) groups excluding carboxylic acids is 1. The molecule has 2 aromatic carbocycles. The van der Waals surface area contributed by atoms with E-state index in [0.717, 1.165) is 15.9 Å². The van der Waals surface area contributed by atoms with E-state index >= 15 is 0 Å². The van der Waals surface area contributed by atoms with Gasteiger partial charge in [0, 0.05) is 27.7 Å². The highest BCUT2D eigenvalue weighted by Crippen LogP contribution is 2.19. The van der Waals surface area contributed by atoms with Crippen molar-refractivity contribution in [2.75, 3.05) is 5.32 Å². The van der Waals surface area contributed by atoms with Gasteiger partial charge in [-0.15, -0.1) is 0 Å². The van der Waals surface area contributed by atoms with E-state index in [1.807, 2.05) is 71.4 Å². The van der Waals surface area contributed by atoms with Crippen LogP contribution in [-0.2, 0) is 4.79 Å². The second-order valence-corrected chi connectivity index (χ2v) is 6.19. The molecular formula is C20H14BrN3O. The van der Waals surface area contributed by atoms with Crippen LogP contribution in [0.3, 0.4) is 0 Å². The quantitative estimate of drug-likeness (QED) is 0.513. The molecule has 0 atom stereocenters. The van der Waals surface area contributed by atoms with Crippen molar-refractivity contribution in [2.45, 2.75) is 0 Å². The van der Waals surface area contributed by atoms with Crippen LogP contribution in [0.5, 0.6) is 0 Å². The minimum atomic E-state index is -0.433. The van der Waals surface area contributed by atoms with Gasteiger partial charge in [0.25, 0.3) is 5.91 Å². The lowest BCUT2D eigenvalue weighted by Crippen LogP contribution is -2.13. The van der Waals surface area contributed by atoms with Gasteiger partial charge in [0.2, 0.25) is 0 Å². The third-order valence-electron chi connectivity index (χ3n) is 3.57. The number of nitriles is 1. The molecule has 1 amide bonds. The van der Waals surface area contributed by atoms with Crippen LogP contribution in [0, 0.1) is 11.3 Å². The van der Waals surface area contributed by atoms with Crippen LogP contribution in [0.4, 0.5) is 5.69 Å². The number of benzene rings is 2. The largest absolute Gasteiger partial charge is 0.321 e. The minimum Gasteiger partial charge on any atom is -0.321 e. The number of amides is 1. The maximum Gasteiger partial charge on any atom is 0.266 e. The lowest BCUT2D eigenvalue weighted by molar-refractivity contribution is -0.112. The van der Waals surface area contributed by atoms with Gasteiger partial charge in [-0.3, -0.25) is 4.79 Å². The summed E-state index contributed by atoms with van der Waals surface area (Å²) < 4.78 is 2.90. The normalized spacial score (nSPS) is 11.0. The number of halogens is 1. The molecule has 0 radical (unpaired) electrons. The van der Waals surface area contributed by atoms with Crippen molar-refractivity contribution in [2.24, 2.45) is 0 Å². The summed E-state index contributed by atoms with van der Waals surface area (Å²) in [7, 11) is 0. The third-order valence-corrected chi connectivity index (χ3v) is 4.10. The van der Waals surface area contributed by atoms with E-state index in [2.05, 4.69) is 21.2 Å². The number of hydrogen-bond acceptors (Lipinski definition) is 2. The van der Waals surface area contributed by atoms with Crippen LogP contribution in [0.2, 0.25) is 0 Å². The van der Waals surface area contributed by atoms with Crippen LogP contribution in [0.15, 0.2) is 83.0 Å². The Morgan fingerprint density at radius 2 is 1.76 bits per heavy atom. The molecule has 3 aromatic rings. The zero-order valence-electron chi connectivity index (χ0n) is 13.2. The summed E-state index contributed by atoms with van der Waals surface area (Å²) in [4.78, 5) is 12.3. The smallest absolute Gasteiger partial charge is 0.266 e. The van der Waals surface area contributed by atoms with E-state index in [4.69, 9.17) is 0 Å². The van der Waals surface area contributed by atoms with Crippen molar-refractivity contribution in [3.05, 3.63) is 88.7 Å². The Hall–Kier alpha value is -3.10. The molecule has 5 heteroatoms. The Bertz CT molecular complexity index is 951. The highest BCUT2D eigenvalue weighted by atomic mass is 79.9. The first-order valence-electron chi connectivity index (χ1n) is 7.59. The van der Waals surface area contributed by atoms with Gasteiger partial charge in [-0.25, -0.2) is 0 Å². The van der Waals surface area contributed by atoms with Crippen molar-refractivity contribution in [3.8, 4) is 11.8 Å². The SMILES string of the molecule is N#CC(=Cc1cccn1-c1ccc(Br)cc1)C(=O)Nc1ccccc1. The average molecular weight is 392 g/mol. The van der Waals surface area contributed by atoms with Crippen molar-refractivity contribution in [3.63, 3.8) is 0 Å². The molecule has 0 bridgehead atoms. The first kappa shape index (κ1) is 16.7. The number of aromatic nitrogens is 1. The van der Waals surface area contributed by atoms with Gasteiger partial charge in [-0.05, 0) is 54.6 Å². The van der Waals surface area contributed by atoms with Crippen molar-refractivity contribution in [1.82, 2.24) is 4.57 Å². The molecular weight excluding hydrogens is 378 g/mol. The van der Waals surface area contributed by atoms with Gasteiger partial charge in [0.05, 0.1) is 0 Å². The number of rotatable bonds is 4. The molecule has 4 nitrogen and oxygen atoms in total. The molecule has 0 fully saturated rings. The first-order chi connectivity index (χ1) is 12.2.